The van der Waals surface area contributed by atoms with E-state index in [1.807, 2.05) is 25.9 Å². The molecule has 0 atom stereocenters. The number of amidine groups is 1. The van der Waals surface area contributed by atoms with Crippen LogP contribution in [-0.4, -0.2) is 25.0 Å². The summed E-state index contributed by atoms with van der Waals surface area (Å²) in [6.45, 7) is 2.28. The molecule has 120 valence electrons. The standard InChI is InChI=1S/C17H36N2S/c1-4-5-6-7-8-9-10-11-12-13-14-15-16-20-17(18-2)19-3/h4-16H2,1-3H3,(H,18,19). The molecule has 1 N–H and O–H groups in total. The minimum atomic E-state index is 1.06. The lowest BCUT2D eigenvalue weighted by Crippen LogP contribution is -2.14. The van der Waals surface area contributed by atoms with E-state index in [2.05, 4.69) is 17.2 Å². The second-order valence-corrected chi connectivity index (χ2v) is 6.60. The number of unbranched alkanes of at least 4 members (excludes halogenated alkanes) is 11. The number of hydrogen-bond donors (Lipinski definition) is 1. The van der Waals surface area contributed by atoms with E-state index in [-0.39, 0.29) is 0 Å². The van der Waals surface area contributed by atoms with E-state index in [4.69, 9.17) is 0 Å². The van der Waals surface area contributed by atoms with Gasteiger partial charge in [-0.25, -0.2) is 0 Å². The number of thioether (sulfide) groups is 1. The third-order valence-corrected chi connectivity index (χ3v) is 4.81. The maximum Gasteiger partial charge on any atom is 0.156 e. The van der Waals surface area contributed by atoms with Gasteiger partial charge in [0.2, 0.25) is 0 Å². The van der Waals surface area contributed by atoms with E-state index in [9.17, 15) is 0 Å². The highest BCUT2D eigenvalue weighted by atomic mass is 32.2. The number of nitrogens with zero attached hydrogens (tertiary/aromatic N) is 1. The normalized spacial score (nSPS) is 11.8. The molecule has 0 rings (SSSR count). The Labute approximate surface area is 131 Å². The Kier molecular flexibility index (Phi) is 16.7. The highest BCUT2D eigenvalue weighted by Gasteiger charge is 1.96. The Morgan fingerprint density at radius 1 is 0.800 bits per heavy atom. The summed E-state index contributed by atoms with van der Waals surface area (Å²) < 4.78 is 0. The fourth-order valence-corrected chi connectivity index (χ4v) is 3.18. The second kappa shape index (κ2) is 16.9. The van der Waals surface area contributed by atoms with Gasteiger partial charge in [0.25, 0.3) is 0 Å². The van der Waals surface area contributed by atoms with Gasteiger partial charge in [-0.2, -0.15) is 0 Å². The predicted molar refractivity (Wildman–Crippen MR) is 96.0 cm³/mol. The average Bonchev–Trinajstić information content (AvgIpc) is 2.48. The van der Waals surface area contributed by atoms with Gasteiger partial charge in [0.05, 0.1) is 0 Å². The molecular formula is C17H36N2S. The molecule has 0 spiro atoms. The predicted octanol–water partition coefficient (Wildman–Crippen LogP) is 5.63. The monoisotopic (exact) mass is 300 g/mol. The van der Waals surface area contributed by atoms with Crippen molar-refractivity contribution in [3.63, 3.8) is 0 Å². The van der Waals surface area contributed by atoms with Crippen LogP contribution in [0.25, 0.3) is 0 Å². The molecule has 0 saturated carbocycles. The summed E-state index contributed by atoms with van der Waals surface area (Å²) >= 11 is 1.84. The first kappa shape index (κ1) is 19.8. The van der Waals surface area contributed by atoms with Crippen LogP contribution in [0.15, 0.2) is 4.99 Å². The Morgan fingerprint density at radius 3 is 1.65 bits per heavy atom. The van der Waals surface area contributed by atoms with E-state index < -0.39 is 0 Å². The summed E-state index contributed by atoms with van der Waals surface area (Å²) in [5.74, 6) is 1.20. The molecule has 0 aliphatic rings. The number of rotatable bonds is 13. The topological polar surface area (TPSA) is 24.4 Å². The molecule has 0 amide bonds. The van der Waals surface area contributed by atoms with E-state index in [1.54, 1.807) is 0 Å². The molecule has 0 unspecified atom stereocenters. The molecule has 0 bridgehead atoms. The SMILES string of the molecule is CCCCCCCCCCCCCCSC(=NC)NC. The summed E-state index contributed by atoms with van der Waals surface area (Å²) in [6, 6.07) is 0. The van der Waals surface area contributed by atoms with Crippen LogP contribution in [0.3, 0.4) is 0 Å². The quantitative estimate of drug-likeness (QED) is 0.271. The minimum absolute atomic E-state index is 1.06. The van der Waals surface area contributed by atoms with Crippen LogP contribution >= 0.6 is 11.8 Å². The van der Waals surface area contributed by atoms with E-state index >= 15 is 0 Å². The van der Waals surface area contributed by atoms with E-state index in [0.717, 1.165) is 5.17 Å². The zero-order valence-electron chi connectivity index (χ0n) is 14.0. The molecule has 2 nitrogen and oxygen atoms in total. The number of aliphatic imine (C=N–C) groups is 1. The largest absolute Gasteiger partial charge is 0.368 e. The van der Waals surface area contributed by atoms with Crippen molar-refractivity contribution in [2.45, 2.75) is 84.0 Å². The van der Waals surface area contributed by atoms with Gasteiger partial charge in [0, 0.05) is 19.8 Å². The van der Waals surface area contributed by atoms with Crippen molar-refractivity contribution in [1.29, 1.82) is 0 Å². The maximum atomic E-state index is 4.17. The average molecular weight is 301 g/mol. The first-order chi connectivity index (χ1) is 9.85. The zero-order chi connectivity index (χ0) is 14.9. The Bertz CT molecular complexity index is 217. The summed E-state index contributed by atoms with van der Waals surface area (Å²) in [6.07, 6.45) is 17.0. The van der Waals surface area contributed by atoms with Gasteiger partial charge in [-0.3, -0.25) is 4.99 Å². The van der Waals surface area contributed by atoms with Crippen molar-refractivity contribution < 1.29 is 0 Å². The molecule has 20 heavy (non-hydrogen) atoms. The summed E-state index contributed by atoms with van der Waals surface area (Å²) in [7, 11) is 3.79. The van der Waals surface area contributed by atoms with Crippen LogP contribution in [0.2, 0.25) is 0 Å². The molecule has 0 heterocycles. The van der Waals surface area contributed by atoms with Gasteiger partial charge in [-0.05, 0) is 6.42 Å². The molecule has 0 aliphatic carbocycles. The van der Waals surface area contributed by atoms with Crippen LogP contribution in [0.4, 0.5) is 0 Å². The van der Waals surface area contributed by atoms with E-state index in [1.165, 1.54) is 82.8 Å². The van der Waals surface area contributed by atoms with Crippen LogP contribution in [0.5, 0.6) is 0 Å². The van der Waals surface area contributed by atoms with Crippen LogP contribution in [0.1, 0.15) is 84.0 Å². The summed E-state index contributed by atoms with van der Waals surface area (Å²) in [5.41, 5.74) is 0. The number of nitrogens with one attached hydrogen (secondary N) is 1. The third-order valence-electron chi connectivity index (χ3n) is 3.65. The van der Waals surface area contributed by atoms with Gasteiger partial charge in [-0.15, -0.1) is 0 Å². The van der Waals surface area contributed by atoms with Crippen LogP contribution in [0, 0.1) is 0 Å². The highest BCUT2D eigenvalue weighted by Crippen LogP contribution is 2.13. The van der Waals surface area contributed by atoms with Crippen LogP contribution < -0.4 is 5.32 Å². The van der Waals surface area contributed by atoms with Crippen molar-refractivity contribution in [3.8, 4) is 0 Å². The molecule has 0 aromatic heterocycles. The molecule has 0 aliphatic heterocycles. The lowest BCUT2D eigenvalue weighted by molar-refractivity contribution is 0.548. The third kappa shape index (κ3) is 14.2. The van der Waals surface area contributed by atoms with Crippen LogP contribution in [-0.2, 0) is 0 Å². The first-order valence-electron chi connectivity index (χ1n) is 8.62. The maximum absolute atomic E-state index is 4.17. The van der Waals surface area contributed by atoms with Crippen molar-refractivity contribution in [1.82, 2.24) is 5.32 Å². The minimum Gasteiger partial charge on any atom is -0.368 e. The lowest BCUT2D eigenvalue weighted by atomic mass is 10.1. The van der Waals surface area contributed by atoms with Gasteiger partial charge in [0.1, 0.15) is 0 Å². The van der Waals surface area contributed by atoms with Gasteiger partial charge < -0.3 is 5.32 Å². The zero-order valence-corrected chi connectivity index (χ0v) is 14.9. The second-order valence-electron chi connectivity index (χ2n) is 5.52. The van der Waals surface area contributed by atoms with Crippen molar-refractivity contribution in [2.75, 3.05) is 19.8 Å². The van der Waals surface area contributed by atoms with E-state index in [0.29, 0.717) is 0 Å². The number of hydrogen-bond acceptors (Lipinski definition) is 2. The Balaban J connectivity index is 3.06. The first-order valence-corrected chi connectivity index (χ1v) is 9.61. The smallest absolute Gasteiger partial charge is 0.156 e. The van der Waals surface area contributed by atoms with Crippen molar-refractivity contribution in [3.05, 3.63) is 0 Å². The molecule has 0 aromatic rings. The lowest BCUT2D eigenvalue weighted by Gasteiger charge is -2.04. The fourth-order valence-electron chi connectivity index (χ4n) is 2.36. The van der Waals surface area contributed by atoms with Gasteiger partial charge in [0.15, 0.2) is 5.17 Å². The molecule has 0 aromatic carbocycles. The van der Waals surface area contributed by atoms with Gasteiger partial charge >= 0.3 is 0 Å². The Morgan fingerprint density at radius 2 is 1.25 bits per heavy atom. The molecular weight excluding hydrogens is 264 g/mol. The molecule has 0 saturated heterocycles. The molecule has 3 heteroatoms. The van der Waals surface area contributed by atoms with Crippen molar-refractivity contribution in [2.24, 2.45) is 4.99 Å². The fraction of sp³-hybridized carbons (Fsp3) is 0.941. The van der Waals surface area contributed by atoms with Gasteiger partial charge in [-0.1, -0.05) is 89.3 Å². The molecule has 0 radical (unpaired) electrons. The summed E-state index contributed by atoms with van der Waals surface area (Å²) in [5, 5.41) is 4.17. The molecule has 0 fully saturated rings. The Hall–Kier alpha value is -0.180. The summed E-state index contributed by atoms with van der Waals surface area (Å²) in [4.78, 5) is 4.17. The van der Waals surface area contributed by atoms with Crippen molar-refractivity contribution >= 4 is 16.9 Å². The highest BCUT2D eigenvalue weighted by molar-refractivity contribution is 8.13.